The number of hydrogen-bond donors (Lipinski definition) is 3. The fourth-order valence-electron chi connectivity index (χ4n) is 2.09. The van der Waals surface area contributed by atoms with E-state index in [2.05, 4.69) is 15.5 Å². The first-order valence-electron chi connectivity index (χ1n) is 6.28. The van der Waals surface area contributed by atoms with E-state index in [0.29, 0.717) is 11.3 Å². The van der Waals surface area contributed by atoms with Gasteiger partial charge >= 0.3 is 0 Å². The number of nitrogens with two attached hydrogens (primary N) is 1. The number of H-pyrrole nitrogens is 1. The van der Waals surface area contributed by atoms with Crippen LogP contribution in [0.15, 0.2) is 48.7 Å². The number of amides is 2. The summed E-state index contributed by atoms with van der Waals surface area (Å²) >= 11 is 0. The highest BCUT2D eigenvalue weighted by molar-refractivity contribution is 6.09. The van der Waals surface area contributed by atoms with Gasteiger partial charge in [-0.25, -0.2) is 0 Å². The highest BCUT2D eigenvalue weighted by atomic mass is 16.2. The van der Waals surface area contributed by atoms with Crippen molar-refractivity contribution in [1.82, 2.24) is 10.2 Å². The second kappa shape index (κ2) is 5.09. The van der Waals surface area contributed by atoms with Crippen molar-refractivity contribution in [2.24, 2.45) is 5.73 Å². The number of carbonyl (C=O) groups is 2. The predicted molar refractivity (Wildman–Crippen MR) is 79.0 cm³/mol. The number of benzene rings is 2. The van der Waals surface area contributed by atoms with Gasteiger partial charge in [-0.15, -0.1) is 0 Å². The summed E-state index contributed by atoms with van der Waals surface area (Å²) in [7, 11) is 0. The van der Waals surface area contributed by atoms with Crippen LogP contribution in [0, 0.1) is 0 Å². The summed E-state index contributed by atoms with van der Waals surface area (Å²) in [6.45, 7) is 0. The third kappa shape index (κ3) is 2.46. The number of fused-ring (bicyclic) bond motifs is 1. The molecule has 0 aliphatic carbocycles. The van der Waals surface area contributed by atoms with Crippen molar-refractivity contribution in [3.05, 3.63) is 59.8 Å². The Kier molecular flexibility index (Phi) is 3.12. The zero-order chi connectivity index (χ0) is 14.8. The number of aromatic nitrogens is 2. The van der Waals surface area contributed by atoms with Crippen LogP contribution in [0.4, 0.5) is 5.69 Å². The molecule has 6 heteroatoms. The van der Waals surface area contributed by atoms with Crippen molar-refractivity contribution in [2.45, 2.75) is 0 Å². The van der Waals surface area contributed by atoms with E-state index in [9.17, 15) is 9.59 Å². The van der Waals surface area contributed by atoms with Crippen LogP contribution in [0.5, 0.6) is 0 Å². The van der Waals surface area contributed by atoms with E-state index in [1.54, 1.807) is 48.7 Å². The average molecular weight is 280 g/mol. The maximum Gasteiger partial charge on any atom is 0.255 e. The first-order valence-corrected chi connectivity index (χ1v) is 6.28. The van der Waals surface area contributed by atoms with Gasteiger partial charge in [0, 0.05) is 10.9 Å². The van der Waals surface area contributed by atoms with Gasteiger partial charge in [-0.05, 0) is 30.3 Å². The summed E-state index contributed by atoms with van der Waals surface area (Å²) in [4.78, 5) is 23.6. The highest BCUT2D eigenvalue weighted by Gasteiger charge is 2.12. The van der Waals surface area contributed by atoms with E-state index in [1.807, 2.05) is 0 Å². The molecular weight excluding hydrogens is 268 g/mol. The monoisotopic (exact) mass is 280 g/mol. The van der Waals surface area contributed by atoms with Crippen LogP contribution in [-0.2, 0) is 0 Å². The molecule has 2 aromatic carbocycles. The molecule has 0 saturated heterocycles. The van der Waals surface area contributed by atoms with Crippen molar-refractivity contribution >= 4 is 28.4 Å². The van der Waals surface area contributed by atoms with Gasteiger partial charge in [0.2, 0.25) is 0 Å². The molecule has 1 heterocycles. The van der Waals surface area contributed by atoms with E-state index >= 15 is 0 Å². The summed E-state index contributed by atoms with van der Waals surface area (Å²) < 4.78 is 0. The van der Waals surface area contributed by atoms with Gasteiger partial charge in [0.1, 0.15) is 0 Å². The summed E-state index contributed by atoms with van der Waals surface area (Å²) in [6, 6.07) is 11.8. The summed E-state index contributed by atoms with van der Waals surface area (Å²) in [5.41, 5.74) is 7.28. The molecule has 104 valence electrons. The van der Waals surface area contributed by atoms with E-state index in [1.165, 1.54) is 0 Å². The van der Waals surface area contributed by atoms with E-state index in [4.69, 9.17) is 5.73 Å². The standard InChI is InChI=1S/C15H12N4O2/c16-14(20)11-3-1-2-4-13(11)18-15(21)9-5-6-12-10(7-9)8-17-19-12/h1-8H,(H2,16,20)(H,17,19)(H,18,21). The van der Waals surface area contributed by atoms with Crippen molar-refractivity contribution in [3.63, 3.8) is 0 Å². The van der Waals surface area contributed by atoms with Crippen LogP contribution in [0.25, 0.3) is 10.9 Å². The fraction of sp³-hybridized carbons (Fsp3) is 0. The molecule has 0 bridgehead atoms. The number of primary amides is 1. The van der Waals surface area contributed by atoms with Gasteiger partial charge in [0.05, 0.1) is 23.0 Å². The largest absolute Gasteiger partial charge is 0.366 e. The molecule has 0 atom stereocenters. The molecule has 0 unspecified atom stereocenters. The Morgan fingerprint density at radius 2 is 1.95 bits per heavy atom. The minimum atomic E-state index is -0.587. The van der Waals surface area contributed by atoms with Crippen LogP contribution in [0.3, 0.4) is 0 Å². The molecule has 21 heavy (non-hydrogen) atoms. The number of para-hydroxylation sites is 1. The van der Waals surface area contributed by atoms with Gasteiger partial charge in [-0.3, -0.25) is 14.7 Å². The minimum Gasteiger partial charge on any atom is -0.366 e. The minimum absolute atomic E-state index is 0.273. The Labute approximate surface area is 120 Å². The first kappa shape index (κ1) is 12.9. The van der Waals surface area contributed by atoms with Gasteiger partial charge in [0.25, 0.3) is 11.8 Å². The third-order valence-electron chi connectivity index (χ3n) is 3.14. The Balaban J connectivity index is 1.91. The van der Waals surface area contributed by atoms with Gasteiger partial charge in [-0.1, -0.05) is 12.1 Å². The molecule has 0 radical (unpaired) electrons. The van der Waals surface area contributed by atoms with Crippen molar-refractivity contribution in [2.75, 3.05) is 5.32 Å². The molecule has 0 saturated carbocycles. The lowest BCUT2D eigenvalue weighted by Crippen LogP contribution is -2.18. The lowest BCUT2D eigenvalue weighted by atomic mass is 10.1. The molecule has 0 spiro atoms. The smallest absolute Gasteiger partial charge is 0.255 e. The maximum absolute atomic E-state index is 12.3. The first-order chi connectivity index (χ1) is 10.1. The van der Waals surface area contributed by atoms with Crippen molar-refractivity contribution in [3.8, 4) is 0 Å². The maximum atomic E-state index is 12.3. The topological polar surface area (TPSA) is 101 Å². The van der Waals surface area contributed by atoms with Crippen molar-refractivity contribution in [1.29, 1.82) is 0 Å². The zero-order valence-corrected chi connectivity index (χ0v) is 11.0. The van der Waals surface area contributed by atoms with Crippen molar-refractivity contribution < 1.29 is 9.59 Å². The molecule has 6 nitrogen and oxygen atoms in total. The van der Waals surface area contributed by atoms with Crippen LogP contribution < -0.4 is 11.1 Å². The molecule has 0 fully saturated rings. The molecule has 0 aliphatic rings. The van der Waals surface area contributed by atoms with Gasteiger partial charge < -0.3 is 11.1 Å². The zero-order valence-electron chi connectivity index (χ0n) is 11.0. The number of aromatic amines is 1. The molecule has 2 amide bonds. The second-order valence-electron chi connectivity index (χ2n) is 4.54. The number of anilines is 1. The number of rotatable bonds is 3. The lowest BCUT2D eigenvalue weighted by molar-refractivity contribution is 0.100. The highest BCUT2D eigenvalue weighted by Crippen LogP contribution is 2.17. The van der Waals surface area contributed by atoms with Crippen LogP contribution in [0.2, 0.25) is 0 Å². The number of nitrogens with one attached hydrogen (secondary N) is 2. The molecule has 4 N–H and O–H groups in total. The Hall–Kier alpha value is -3.15. The fourth-order valence-corrected chi connectivity index (χ4v) is 2.09. The molecule has 3 aromatic rings. The molecular formula is C15H12N4O2. The van der Waals surface area contributed by atoms with E-state index in [-0.39, 0.29) is 11.5 Å². The average Bonchev–Trinajstić information content (AvgIpc) is 2.94. The molecule has 3 rings (SSSR count). The summed E-state index contributed by atoms with van der Waals surface area (Å²) in [5.74, 6) is -0.900. The summed E-state index contributed by atoms with van der Waals surface area (Å²) in [6.07, 6.45) is 1.64. The van der Waals surface area contributed by atoms with E-state index < -0.39 is 5.91 Å². The Morgan fingerprint density at radius 1 is 1.14 bits per heavy atom. The van der Waals surface area contributed by atoms with Gasteiger partial charge in [-0.2, -0.15) is 5.10 Å². The van der Waals surface area contributed by atoms with Crippen LogP contribution in [-0.4, -0.2) is 22.0 Å². The number of nitrogens with zero attached hydrogens (tertiary/aromatic N) is 1. The number of carbonyl (C=O) groups excluding carboxylic acids is 2. The molecule has 0 aliphatic heterocycles. The predicted octanol–water partition coefficient (Wildman–Crippen LogP) is 1.91. The normalized spacial score (nSPS) is 10.5. The number of hydrogen-bond acceptors (Lipinski definition) is 3. The lowest BCUT2D eigenvalue weighted by Gasteiger charge is -2.08. The van der Waals surface area contributed by atoms with E-state index in [0.717, 1.165) is 10.9 Å². The quantitative estimate of drug-likeness (QED) is 0.683. The van der Waals surface area contributed by atoms with Crippen LogP contribution >= 0.6 is 0 Å². The van der Waals surface area contributed by atoms with Gasteiger partial charge in [0.15, 0.2) is 0 Å². The Morgan fingerprint density at radius 3 is 2.76 bits per heavy atom. The Bertz CT molecular complexity index is 838. The molecule has 1 aromatic heterocycles. The second-order valence-corrected chi connectivity index (χ2v) is 4.54. The third-order valence-corrected chi connectivity index (χ3v) is 3.14. The van der Waals surface area contributed by atoms with Crippen LogP contribution in [0.1, 0.15) is 20.7 Å². The summed E-state index contributed by atoms with van der Waals surface area (Å²) in [5, 5.41) is 10.3. The SMILES string of the molecule is NC(=O)c1ccccc1NC(=O)c1ccc2[nH]ncc2c1.